The van der Waals surface area contributed by atoms with E-state index in [2.05, 4.69) is 48.5 Å². The van der Waals surface area contributed by atoms with Crippen LogP contribution in [0.1, 0.15) is 52.2 Å². The lowest BCUT2D eigenvalue weighted by molar-refractivity contribution is -0.0382. The van der Waals surface area contributed by atoms with Gasteiger partial charge >= 0.3 is 0 Å². The van der Waals surface area contributed by atoms with Gasteiger partial charge < -0.3 is 5.11 Å². The molecule has 20 heavy (non-hydrogen) atoms. The number of hydrogen-bond acceptors (Lipinski definition) is 2. The molecule has 0 fully saturated rings. The van der Waals surface area contributed by atoms with Gasteiger partial charge in [0.1, 0.15) is 11.9 Å². The highest BCUT2D eigenvalue weighted by Gasteiger charge is 2.41. The van der Waals surface area contributed by atoms with Gasteiger partial charge in [-0.2, -0.15) is 0 Å². The number of nitrogens with zero attached hydrogens (tertiary/aromatic N) is 1. The maximum atomic E-state index is 14.3. The first-order valence-corrected chi connectivity index (χ1v) is 8.14. The highest BCUT2D eigenvalue weighted by molar-refractivity contribution is 9.10. The standard InChI is InChI=1S/C16H25BrFNO/c1-5-16(6-2,19(7-3)8-4)15(20)12-10-9-11-13(17)14(12)18/h9-11,15,20H,5-8H2,1-4H3. The molecule has 1 N–H and O–H groups in total. The lowest BCUT2D eigenvalue weighted by Gasteiger charge is -2.46. The van der Waals surface area contributed by atoms with Gasteiger partial charge in [-0.05, 0) is 47.9 Å². The molecule has 0 radical (unpaired) electrons. The van der Waals surface area contributed by atoms with Crippen molar-refractivity contribution >= 4 is 15.9 Å². The third kappa shape index (κ3) is 3.07. The van der Waals surface area contributed by atoms with E-state index in [0.717, 1.165) is 25.9 Å². The van der Waals surface area contributed by atoms with Crippen molar-refractivity contribution < 1.29 is 9.50 Å². The first kappa shape index (κ1) is 17.6. The van der Waals surface area contributed by atoms with Crippen molar-refractivity contribution in [2.75, 3.05) is 13.1 Å². The normalized spacial score (nSPS) is 13.8. The van der Waals surface area contributed by atoms with Gasteiger partial charge in [0.05, 0.1) is 10.0 Å². The molecule has 0 aliphatic carbocycles. The summed E-state index contributed by atoms with van der Waals surface area (Å²) in [5.41, 5.74) is -0.0551. The summed E-state index contributed by atoms with van der Waals surface area (Å²) in [6, 6.07) is 5.10. The molecular formula is C16H25BrFNO. The Balaban J connectivity index is 3.30. The smallest absolute Gasteiger partial charge is 0.143 e. The van der Waals surface area contributed by atoms with Crippen LogP contribution in [0.15, 0.2) is 22.7 Å². The molecule has 1 rings (SSSR count). The molecule has 114 valence electrons. The summed E-state index contributed by atoms with van der Waals surface area (Å²) >= 11 is 3.20. The molecule has 0 saturated carbocycles. The number of halogens is 2. The van der Waals surface area contributed by atoms with Crippen LogP contribution < -0.4 is 0 Å². The number of aliphatic hydroxyl groups excluding tert-OH is 1. The molecule has 0 saturated heterocycles. The molecule has 1 unspecified atom stereocenters. The predicted octanol–water partition coefficient (Wildman–Crippen LogP) is 4.52. The molecule has 0 aromatic heterocycles. The van der Waals surface area contributed by atoms with E-state index in [-0.39, 0.29) is 5.82 Å². The fourth-order valence-electron chi connectivity index (χ4n) is 3.13. The van der Waals surface area contributed by atoms with Crippen molar-refractivity contribution in [2.45, 2.75) is 52.2 Å². The number of benzene rings is 1. The zero-order valence-electron chi connectivity index (χ0n) is 12.8. The maximum Gasteiger partial charge on any atom is 0.143 e. The summed E-state index contributed by atoms with van der Waals surface area (Å²) in [6.45, 7) is 9.94. The molecule has 4 heteroatoms. The molecule has 0 amide bonds. The summed E-state index contributed by atoms with van der Waals surface area (Å²) in [4.78, 5) is 2.23. The fraction of sp³-hybridized carbons (Fsp3) is 0.625. The number of aliphatic hydroxyl groups is 1. The lowest BCUT2D eigenvalue weighted by Crippen LogP contribution is -2.52. The van der Waals surface area contributed by atoms with Gasteiger partial charge in [-0.3, -0.25) is 4.90 Å². The predicted molar refractivity (Wildman–Crippen MR) is 85.3 cm³/mol. The Hall–Kier alpha value is -0.450. The monoisotopic (exact) mass is 345 g/mol. The van der Waals surface area contributed by atoms with Crippen LogP contribution in [0.4, 0.5) is 4.39 Å². The molecule has 0 aliphatic rings. The zero-order valence-corrected chi connectivity index (χ0v) is 14.4. The number of hydrogen-bond donors (Lipinski definition) is 1. The van der Waals surface area contributed by atoms with Gasteiger partial charge in [-0.15, -0.1) is 0 Å². The molecule has 1 aromatic rings. The summed E-state index contributed by atoms with van der Waals surface area (Å²) < 4.78 is 14.7. The highest BCUT2D eigenvalue weighted by atomic mass is 79.9. The Morgan fingerprint density at radius 2 is 1.75 bits per heavy atom. The van der Waals surface area contributed by atoms with Gasteiger partial charge in [0.25, 0.3) is 0 Å². The van der Waals surface area contributed by atoms with Gasteiger partial charge in [-0.1, -0.05) is 39.8 Å². The molecule has 0 aliphatic heterocycles. The minimum atomic E-state index is -0.838. The molecular weight excluding hydrogens is 321 g/mol. The van der Waals surface area contributed by atoms with Gasteiger partial charge in [0.2, 0.25) is 0 Å². The SMILES string of the molecule is CCN(CC)C(CC)(CC)C(O)c1cccc(Br)c1F. The van der Waals surface area contributed by atoms with E-state index in [1.54, 1.807) is 18.2 Å². The van der Waals surface area contributed by atoms with Crippen LogP contribution in [0.3, 0.4) is 0 Å². The highest BCUT2D eigenvalue weighted by Crippen LogP contribution is 2.39. The molecule has 0 spiro atoms. The Morgan fingerprint density at radius 1 is 1.20 bits per heavy atom. The Morgan fingerprint density at radius 3 is 2.20 bits per heavy atom. The van der Waals surface area contributed by atoms with Crippen LogP contribution in [0.25, 0.3) is 0 Å². The molecule has 1 atom stereocenters. The first-order chi connectivity index (χ1) is 9.48. The second-order valence-electron chi connectivity index (χ2n) is 5.03. The summed E-state index contributed by atoms with van der Waals surface area (Å²) in [7, 11) is 0. The maximum absolute atomic E-state index is 14.3. The number of likely N-dealkylation sites (N-methyl/N-ethyl adjacent to an activating group) is 1. The van der Waals surface area contributed by atoms with E-state index in [9.17, 15) is 9.50 Å². The third-order valence-corrected chi connectivity index (χ3v) is 5.02. The molecule has 0 bridgehead atoms. The van der Waals surface area contributed by atoms with Crippen LogP contribution in [0.5, 0.6) is 0 Å². The largest absolute Gasteiger partial charge is 0.386 e. The first-order valence-electron chi connectivity index (χ1n) is 7.35. The number of rotatable bonds is 7. The molecule has 0 heterocycles. The van der Waals surface area contributed by atoms with E-state index in [1.807, 2.05) is 0 Å². The minimum absolute atomic E-state index is 0.363. The summed E-state index contributed by atoms with van der Waals surface area (Å²) in [5, 5.41) is 10.9. The average molecular weight is 346 g/mol. The van der Waals surface area contributed by atoms with Crippen molar-refractivity contribution in [1.29, 1.82) is 0 Å². The van der Waals surface area contributed by atoms with Crippen LogP contribution in [0, 0.1) is 5.82 Å². The summed E-state index contributed by atoms with van der Waals surface area (Å²) in [5.74, 6) is -0.363. The van der Waals surface area contributed by atoms with E-state index < -0.39 is 11.6 Å². The molecule has 2 nitrogen and oxygen atoms in total. The lowest BCUT2D eigenvalue weighted by atomic mass is 9.81. The van der Waals surface area contributed by atoms with E-state index >= 15 is 0 Å². The van der Waals surface area contributed by atoms with Crippen LogP contribution in [-0.2, 0) is 0 Å². The Labute approximate surface area is 130 Å². The fourth-order valence-corrected chi connectivity index (χ4v) is 3.51. The van der Waals surface area contributed by atoms with Crippen molar-refractivity contribution in [3.8, 4) is 0 Å². The topological polar surface area (TPSA) is 23.5 Å². The van der Waals surface area contributed by atoms with Gasteiger partial charge in [0.15, 0.2) is 0 Å². The molecule has 1 aromatic carbocycles. The van der Waals surface area contributed by atoms with Crippen molar-refractivity contribution in [2.24, 2.45) is 0 Å². The second kappa shape index (κ2) is 7.53. The van der Waals surface area contributed by atoms with Crippen LogP contribution in [0.2, 0.25) is 0 Å². The minimum Gasteiger partial charge on any atom is -0.386 e. The van der Waals surface area contributed by atoms with E-state index in [4.69, 9.17) is 0 Å². The van der Waals surface area contributed by atoms with Crippen molar-refractivity contribution in [3.63, 3.8) is 0 Å². The van der Waals surface area contributed by atoms with Crippen molar-refractivity contribution in [1.82, 2.24) is 4.90 Å². The Bertz CT molecular complexity index is 430. The quantitative estimate of drug-likeness (QED) is 0.785. The van der Waals surface area contributed by atoms with Gasteiger partial charge in [-0.25, -0.2) is 4.39 Å². The second-order valence-corrected chi connectivity index (χ2v) is 5.88. The third-order valence-electron chi connectivity index (χ3n) is 4.40. The van der Waals surface area contributed by atoms with Crippen LogP contribution in [-0.4, -0.2) is 28.6 Å². The Kier molecular flexibility index (Phi) is 6.62. The van der Waals surface area contributed by atoms with Gasteiger partial charge in [0, 0.05) is 5.56 Å². The van der Waals surface area contributed by atoms with Crippen molar-refractivity contribution in [3.05, 3.63) is 34.1 Å². The zero-order chi connectivity index (χ0) is 15.3. The van der Waals surface area contributed by atoms with E-state index in [0.29, 0.717) is 10.0 Å². The average Bonchev–Trinajstić information content (AvgIpc) is 2.47. The van der Waals surface area contributed by atoms with Crippen LogP contribution >= 0.6 is 15.9 Å². The van der Waals surface area contributed by atoms with E-state index in [1.165, 1.54) is 0 Å². The summed E-state index contributed by atoms with van der Waals surface area (Å²) in [6.07, 6.45) is 0.714.